The summed E-state index contributed by atoms with van der Waals surface area (Å²) in [5, 5.41) is 5.43. The molecule has 1 aliphatic carbocycles. The van der Waals surface area contributed by atoms with Gasteiger partial charge in [-0.1, -0.05) is 17.7 Å². The van der Waals surface area contributed by atoms with Crippen molar-refractivity contribution in [3.05, 3.63) is 83.4 Å². The van der Waals surface area contributed by atoms with Gasteiger partial charge in [-0.2, -0.15) is 8.42 Å². The number of halogens is 3. The smallest absolute Gasteiger partial charge is 0.298 e. The van der Waals surface area contributed by atoms with Crippen molar-refractivity contribution in [1.82, 2.24) is 14.6 Å². The molecule has 1 amide bonds. The summed E-state index contributed by atoms with van der Waals surface area (Å²) < 4.78 is 44.9. The summed E-state index contributed by atoms with van der Waals surface area (Å²) in [4.78, 5) is 40.8. The van der Waals surface area contributed by atoms with Gasteiger partial charge in [0.05, 0.1) is 22.0 Å². The first-order valence-electron chi connectivity index (χ1n) is 11.7. The van der Waals surface area contributed by atoms with Crippen LogP contribution in [-0.2, 0) is 17.3 Å². The maximum Gasteiger partial charge on any atom is 0.298 e. The molecule has 14 heteroatoms. The molecule has 0 unspecified atom stereocenters. The van der Waals surface area contributed by atoms with Crippen LogP contribution in [0.15, 0.2) is 41.2 Å². The largest absolute Gasteiger partial charge is 0.349 e. The zero-order valence-corrected chi connectivity index (χ0v) is 24.7. The molecule has 39 heavy (non-hydrogen) atoms. The van der Waals surface area contributed by atoms with E-state index in [1.165, 1.54) is 51.4 Å². The van der Waals surface area contributed by atoms with Crippen LogP contribution in [0.1, 0.15) is 44.7 Å². The van der Waals surface area contributed by atoms with Crippen LogP contribution in [0, 0.1) is 16.3 Å². The lowest BCUT2D eigenvalue weighted by Crippen LogP contribution is -2.34. The summed E-state index contributed by atoms with van der Waals surface area (Å²) in [5.41, 5.74) is -1.26. The van der Waals surface area contributed by atoms with Gasteiger partial charge in [0, 0.05) is 40.4 Å². The van der Waals surface area contributed by atoms with Crippen LogP contribution in [0.5, 0.6) is 0 Å². The van der Waals surface area contributed by atoms with E-state index in [9.17, 15) is 27.2 Å². The van der Waals surface area contributed by atoms with Gasteiger partial charge < -0.3 is 10.6 Å². The highest BCUT2D eigenvalue weighted by molar-refractivity contribution is 14.1. The molecule has 1 heterocycles. The third-order valence-electron chi connectivity index (χ3n) is 6.13. The Morgan fingerprint density at radius 1 is 1.13 bits per heavy atom. The maximum atomic E-state index is 14.8. The molecule has 1 fully saturated rings. The van der Waals surface area contributed by atoms with Crippen LogP contribution in [0.2, 0.25) is 5.02 Å². The fourth-order valence-electron chi connectivity index (χ4n) is 3.91. The molecule has 0 radical (unpaired) electrons. The molecule has 0 bridgehead atoms. The molecule has 0 spiro atoms. The molecule has 10 nitrogen and oxygen atoms in total. The summed E-state index contributed by atoms with van der Waals surface area (Å²) in [6.07, 6.45) is 1.52. The SMILES string of the molecule is CNS(=O)(=O)Nc1cccc(C(=O)c2c(C(=O)NC3CC3)c(Nc3ccc(I)cc3F)n(C)c(=O)c2C)c1Cl. The summed E-state index contributed by atoms with van der Waals surface area (Å²) in [7, 11) is -1.35. The van der Waals surface area contributed by atoms with Gasteiger partial charge in [-0.05, 0) is 72.7 Å². The highest BCUT2D eigenvalue weighted by Gasteiger charge is 2.33. The molecule has 4 rings (SSSR count). The number of benzene rings is 2. The number of carbonyl (C=O) groups is 2. The number of aromatic nitrogens is 1. The Morgan fingerprint density at radius 3 is 2.44 bits per heavy atom. The van der Waals surface area contributed by atoms with Crippen LogP contribution in [0.4, 0.5) is 21.6 Å². The third kappa shape index (κ3) is 6.10. The Balaban J connectivity index is 1.94. The van der Waals surface area contributed by atoms with Gasteiger partial charge in [0.25, 0.3) is 21.7 Å². The summed E-state index contributed by atoms with van der Waals surface area (Å²) in [6.45, 7) is 1.40. The van der Waals surface area contributed by atoms with E-state index >= 15 is 0 Å². The minimum Gasteiger partial charge on any atom is -0.349 e. The van der Waals surface area contributed by atoms with Crippen molar-refractivity contribution in [3.8, 4) is 0 Å². The van der Waals surface area contributed by atoms with Crippen molar-refractivity contribution in [1.29, 1.82) is 0 Å². The number of hydrogen-bond acceptors (Lipinski definition) is 6. The number of carbonyl (C=O) groups excluding carboxylic acids is 2. The minimum atomic E-state index is -3.96. The predicted molar refractivity (Wildman–Crippen MR) is 156 cm³/mol. The third-order valence-corrected chi connectivity index (χ3v) is 8.23. The minimum absolute atomic E-state index is 0.00496. The molecule has 0 saturated heterocycles. The highest BCUT2D eigenvalue weighted by atomic mass is 127. The van der Waals surface area contributed by atoms with Crippen molar-refractivity contribution < 1.29 is 22.4 Å². The summed E-state index contributed by atoms with van der Waals surface area (Å²) in [6, 6.07) is 8.41. The normalized spacial score (nSPS) is 13.2. The Bertz CT molecular complexity index is 1670. The van der Waals surface area contributed by atoms with Gasteiger partial charge in [0.1, 0.15) is 11.6 Å². The quantitative estimate of drug-likeness (QED) is 0.199. The Hall–Kier alpha value is -3.01. The second-order valence-corrected chi connectivity index (χ2v) is 12.1. The van der Waals surface area contributed by atoms with Crippen molar-refractivity contribution in [2.24, 2.45) is 7.05 Å². The van der Waals surface area contributed by atoms with Gasteiger partial charge >= 0.3 is 0 Å². The second-order valence-electron chi connectivity index (χ2n) is 8.89. The molecule has 1 saturated carbocycles. The van der Waals surface area contributed by atoms with E-state index in [2.05, 4.69) is 20.1 Å². The van der Waals surface area contributed by atoms with Crippen molar-refractivity contribution in [2.75, 3.05) is 17.1 Å². The lowest BCUT2D eigenvalue weighted by atomic mass is 9.94. The topological polar surface area (TPSA) is 138 Å². The molecule has 206 valence electrons. The Morgan fingerprint density at radius 2 is 1.82 bits per heavy atom. The fourth-order valence-corrected chi connectivity index (χ4v) is 5.24. The lowest BCUT2D eigenvalue weighted by Gasteiger charge is -2.21. The number of nitrogens with zero attached hydrogens (tertiary/aromatic N) is 1. The molecule has 0 atom stereocenters. The number of hydrogen-bond donors (Lipinski definition) is 4. The number of ketones is 1. The average Bonchev–Trinajstić information content (AvgIpc) is 3.70. The molecule has 1 aromatic heterocycles. The molecular formula is C25H24ClFIN5O5S. The van der Waals surface area contributed by atoms with Crippen molar-refractivity contribution in [3.63, 3.8) is 0 Å². The monoisotopic (exact) mass is 687 g/mol. The standard InChI is InChI=1S/C25H24ClFIN5O5S/c1-12-19(22(34)15-5-4-6-18(21(15)26)32-39(37,38)29-2)20(24(35)30-14-8-9-14)23(33(3)25(12)36)31-17-10-7-13(28)11-16(17)27/h4-7,10-11,14,29,31-32H,8-9H2,1-3H3,(H,30,35). The van der Waals surface area contributed by atoms with Crippen LogP contribution < -0.4 is 25.6 Å². The van der Waals surface area contributed by atoms with E-state index in [-0.39, 0.29) is 50.5 Å². The van der Waals surface area contributed by atoms with E-state index in [1.807, 2.05) is 22.6 Å². The van der Waals surface area contributed by atoms with Crippen LogP contribution in [0.25, 0.3) is 0 Å². The van der Waals surface area contributed by atoms with Gasteiger partial charge in [-0.15, -0.1) is 0 Å². The van der Waals surface area contributed by atoms with Gasteiger partial charge in [-0.25, -0.2) is 9.11 Å². The molecular weight excluding hydrogens is 664 g/mol. The zero-order chi connectivity index (χ0) is 28.6. The van der Waals surface area contributed by atoms with Crippen molar-refractivity contribution in [2.45, 2.75) is 25.8 Å². The van der Waals surface area contributed by atoms with E-state index in [4.69, 9.17) is 11.6 Å². The first-order chi connectivity index (χ1) is 18.3. The Kier molecular flexibility index (Phi) is 8.35. The summed E-state index contributed by atoms with van der Waals surface area (Å²) in [5.74, 6) is -2.12. The predicted octanol–water partition coefficient (Wildman–Crippen LogP) is 3.83. The van der Waals surface area contributed by atoms with Crippen LogP contribution >= 0.6 is 34.2 Å². The van der Waals surface area contributed by atoms with Gasteiger partial charge in [0.2, 0.25) is 0 Å². The zero-order valence-electron chi connectivity index (χ0n) is 21.0. The second kappa shape index (κ2) is 11.2. The average molecular weight is 688 g/mol. The fraction of sp³-hybridized carbons (Fsp3) is 0.240. The van der Waals surface area contributed by atoms with E-state index < -0.39 is 33.3 Å². The van der Waals surface area contributed by atoms with E-state index in [0.29, 0.717) is 3.57 Å². The van der Waals surface area contributed by atoms with Crippen LogP contribution in [0.3, 0.4) is 0 Å². The number of rotatable bonds is 9. The maximum absolute atomic E-state index is 14.8. The summed E-state index contributed by atoms with van der Waals surface area (Å²) >= 11 is 8.40. The molecule has 2 aromatic carbocycles. The molecule has 0 aliphatic heterocycles. The number of nitrogens with one attached hydrogen (secondary N) is 4. The van der Waals surface area contributed by atoms with E-state index in [0.717, 1.165) is 17.4 Å². The number of anilines is 3. The number of amides is 1. The first kappa shape index (κ1) is 29.0. The number of pyridine rings is 1. The molecule has 3 aromatic rings. The Labute approximate surface area is 242 Å². The first-order valence-corrected chi connectivity index (χ1v) is 14.6. The van der Waals surface area contributed by atoms with Gasteiger partial charge in [-0.3, -0.25) is 23.7 Å². The van der Waals surface area contributed by atoms with Gasteiger partial charge in [0.15, 0.2) is 5.78 Å². The van der Waals surface area contributed by atoms with E-state index in [1.54, 1.807) is 6.07 Å². The lowest BCUT2D eigenvalue weighted by molar-refractivity contribution is 0.0939. The molecule has 1 aliphatic rings. The van der Waals surface area contributed by atoms with Crippen molar-refractivity contribution >= 4 is 73.3 Å². The van der Waals surface area contributed by atoms with Crippen LogP contribution in [-0.4, -0.2) is 37.8 Å². The highest BCUT2D eigenvalue weighted by Crippen LogP contribution is 2.33. The molecule has 4 N–H and O–H groups in total.